The topological polar surface area (TPSA) is 12.9 Å². The van der Waals surface area contributed by atoms with E-state index in [4.69, 9.17) is 4.98 Å². The SMILES string of the molecule is CC[C@](C)(Sc1nc2ccccc2s1)c1ccccc1. The molecule has 0 radical (unpaired) electrons. The van der Waals surface area contributed by atoms with Gasteiger partial charge in [0.05, 0.1) is 10.2 Å². The minimum Gasteiger partial charge on any atom is -0.230 e. The number of aromatic nitrogens is 1. The molecule has 0 N–H and O–H groups in total. The van der Waals surface area contributed by atoms with Crippen LogP contribution in [0.3, 0.4) is 0 Å². The highest BCUT2D eigenvalue weighted by Crippen LogP contribution is 2.45. The van der Waals surface area contributed by atoms with E-state index in [0.717, 1.165) is 16.3 Å². The molecule has 1 heterocycles. The maximum Gasteiger partial charge on any atom is 0.151 e. The molecule has 3 heteroatoms. The molecule has 1 aromatic heterocycles. The first-order valence-electron chi connectivity index (χ1n) is 6.81. The highest BCUT2D eigenvalue weighted by molar-refractivity contribution is 8.02. The number of thioether (sulfide) groups is 1. The monoisotopic (exact) mass is 299 g/mol. The Morgan fingerprint density at radius 2 is 1.75 bits per heavy atom. The summed E-state index contributed by atoms with van der Waals surface area (Å²) < 4.78 is 2.50. The second-order valence-corrected chi connectivity index (χ2v) is 7.78. The fourth-order valence-corrected chi connectivity index (χ4v) is 4.83. The average Bonchev–Trinajstić information content (AvgIpc) is 2.90. The average molecular weight is 299 g/mol. The molecule has 20 heavy (non-hydrogen) atoms. The molecule has 0 fully saturated rings. The quantitative estimate of drug-likeness (QED) is 0.572. The lowest BCUT2D eigenvalue weighted by Gasteiger charge is -2.27. The first-order chi connectivity index (χ1) is 9.71. The summed E-state index contributed by atoms with van der Waals surface area (Å²) in [5, 5.41) is 0. The van der Waals surface area contributed by atoms with Gasteiger partial charge in [-0.1, -0.05) is 61.2 Å². The second-order valence-electron chi connectivity index (χ2n) is 5.00. The largest absolute Gasteiger partial charge is 0.230 e. The van der Waals surface area contributed by atoms with E-state index in [1.54, 1.807) is 11.3 Å². The number of para-hydroxylation sites is 1. The van der Waals surface area contributed by atoms with E-state index in [1.807, 2.05) is 17.8 Å². The van der Waals surface area contributed by atoms with E-state index in [0.29, 0.717) is 0 Å². The molecule has 3 aromatic rings. The predicted molar refractivity (Wildman–Crippen MR) is 89.6 cm³/mol. The molecular formula is C17H17NS2. The molecule has 0 unspecified atom stereocenters. The lowest BCUT2D eigenvalue weighted by Crippen LogP contribution is -2.15. The summed E-state index contributed by atoms with van der Waals surface area (Å²) in [6, 6.07) is 19.1. The molecule has 3 rings (SSSR count). The van der Waals surface area contributed by atoms with Gasteiger partial charge in [0, 0.05) is 4.75 Å². The first kappa shape index (κ1) is 13.7. The summed E-state index contributed by atoms with van der Waals surface area (Å²) in [5.74, 6) is 0. The normalized spacial score (nSPS) is 14.3. The summed E-state index contributed by atoms with van der Waals surface area (Å²) in [4.78, 5) is 4.75. The van der Waals surface area contributed by atoms with Crippen LogP contribution in [0.5, 0.6) is 0 Å². The maximum absolute atomic E-state index is 4.75. The van der Waals surface area contributed by atoms with Crippen molar-refractivity contribution in [1.82, 2.24) is 4.98 Å². The van der Waals surface area contributed by atoms with Gasteiger partial charge in [0.1, 0.15) is 0 Å². The summed E-state index contributed by atoms with van der Waals surface area (Å²) >= 11 is 3.66. The van der Waals surface area contributed by atoms with Crippen molar-refractivity contribution in [1.29, 1.82) is 0 Å². The fraction of sp³-hybridized carbons (Fsp3) is 0.235. The minimum atomic E-state index is 0.0785. The van der Waals surface area contributed by atoms with Gasteiger partial charge < -0.3 is 0 Å². The molecule has 0 bridgehead atoms. The Bertz CT molecular complexity index is 672. The number of hydrogen-bond acceptors (Lipinski definition) is 3. The molecule has 0 aliphatic carbocycles. The first-order valence-corrected chi connectivity index (χ1v) is 8.45. The van der Waals surface area contributed by atoms with E-state index < -0.39 is 0 Å². The van der Waals surface area contributed by atoms with Gasteiger partial charge in [-0.2, -0.15) is 0 Å². The van der Waals surface area contributed by atoms with Crippen LogP contribution in [0.1, 0.15) is 25.8 Å². The van der Waals surface area contributed by atoms with E-state index in [-0.39, 0.29) is 4.75 Å². The Kier molecular flexibility index (Phi) is 3.81. The summed E-state index contributed by atoms with van der Waals surface area (Å²) in [6.07, 6.45) is 1.08. The third kappa shape index (κ3) is 2.60. The zero-order chi connectivity index (χ0) is 14.0. The Morgan fingerprint density at radius 1 is 1.05 bits per heavy atom. The van der Waals surface area contributed by atoms with Crippen LogP contribution < -0.4 is 0 Å². The number of nitrogens with zero attached hydrogens (tertiary/aromatic N) is 1. The van der Waals surface area contributed by atoms with Crippen LogP contribution in [-0.2, 0) is 4.75 Å². The number of fused-ring (bicyclic) bond motifs is 1. The molecule has 102 valence electrons. The fourth-order valence-electron chi connectivity index (χ4n) is 2.21. The van der Waals surface area contributed by atoms with Gasteiger partial charge in [0.2, 0.25) is 0 Å². The van der Waals surface area contributed by atoms with E-state index in [1.165, 1.54) is 10.3 Å². The van der Waals surface area contributed by atoms with E-state index in [2.05, 4.69) is 62.4 Å². The van der Waals surface area contributed by atoms with Crippen LogP contribution in [0.2, 0.25) is 0 Å². The summed E-state index contributed by atoms with van der Waals surface area (Å²) in [7, 11) is 0. The van der Waals surface area contributed by atoms with Gasteiger partial charge >= 0.3 is 0 Å². The van der Waals surface area contributed by atoms with Gasteiger partial charge in [0.25, 0.3) is 0 Å². The van der Waals surface area contributed by atoms with E-state index >= 15 is 0 Å². The Labute approximate surface area is 128 Å². The van der Waals surface area contributed by atoms with Crippen LogP contribution in [0.4, 0.5) is 0 Å². The van der Waals surface area contributed by atoms with Crippen molar-refractivity contribution >= 4 is 33.3 Å². The third-order valence-electron chi connectivity index (χ3n) is 3.65. The number of thiazole rings is 1. The zero-order valence-corrected chi connectivity index (χ0v) is 13.3. The van der Waals surface area contributed by atoms with Crippen molar-refractivity contribution in [2.75, 3.05) is 0 Å². The van der Waals surface area contributed by atoms with E-state index in [9.17, 15) is 0 Å². The third-order valence-corrected chi connectivity index (χ3v) is 6.22. The second kappa shape index (κ2) is 5.58. The van der Waals surface area contributed by atoms with Gasteiger partial charge in [-0.15, -0.1) is 11.3 Å². The van der Waals surface area contributed by atoms with Crippen LogP contribution in [0.25, 0.3) is 10.2 Å². The predicted octanol–water partition coefficient (Wildman–Crippen LogP) is 5.71. The Balaban J connectivity index is 1.95. The summed E-state index contributed by atoms with van der Waals surface area (Å²) in [5.41, 5.74) is 2.47. The standard InChI is InChI=1S/C17H17NS2/c1-3-17(2,13-9-5-4-6-10-13)20-16-18-14-11-7-8-12-15(14)19-16/h4-12H,3H2,1-2H3/t17-/m0/s1. The van der Waals surface area contributed by atoms with Gasteiger partial charge in [-0.25, -0.2) is 4.98 Å². The molecular weight excluding hydrogens is 282 g/mol. The molecule has 0 aliphatic heterocycles. The maximum atomic E-state index is 4.75. The van der Waals surface area contributed by atoms with Crippen molar-refractivity contribution < 1.29 is 0 Å². The highest BCUT2D eigenvalue weighted by Gasteiger charge is 2.27. The lowest BCUT2D eigenvalue weighted by molar-refractivity contribution is 0.664. The molecule has 0 amide bonds. The molecule has 2 aromatic carbocycles. The molecule has 0 saturated carbocycles. The number of rotatable bonds is 4. The van der Waals surface area contributed by atoms with Crippen molar-refractivity contribution in [2.45, 2.75) is 29.4 Å². The van der Waals surface area contributed by atoms with Crippen molar-refractivity contribution in [3.05, 3.63) is 60.2 Å². The van der Waals surface area contributed by atoms with Crippen molar-refractivity contribution in [3.8, 4) is 0 Å². The molecule has 0 saturated heterocycles. The molecule has 0 aliphatic rings. The van der Waals surface area contributed by atoms with Crippen molar-refractivity contribution in [2.24, 2.45) is 0 Å². The van der Waals surface area contributed by atoms with Crippen molar-refractivity contribution in [3.63, 3.8) is 0 Å². The van der Waals surface area contributed by atoms with Crippen LogP contribution in [0, 0.1) is 0 Å². The number of benzene rings is 2. The van der Waals surface area contributed by atoms with Crippen LogP contribution >= 0.6 is 23.1 Å². The minimum absolute atomic E-state index is 0.0785. The van der Waals surface area contributed by atoms with Gasteiger partial charge in [-0.05, 0) is 31.0 Å². The van der Waals surface area contributed by atoms with Gasteiger partial charge in [0.15, 0.2) is 4.34 Å². The Hall–Kier alpha value is -1.32. The molecule has 1 atom stereocenters. The van der Waals surface area contributed by atoms with Crippen LogP contribution in [-0.4, -0.2) is 4.98 Å². The smallest absolute Gasteiger partial charge is 0.151 e. The highest BCUT2D eigenvalue weighted by atomic mass is 32.2. The van der Waals surface area contributed by atoms with Crippen LogP contribution in [0.15, 0.2) is 58.9 Å². The van der Waals surface area contributed by atoms with Gasteiger partial charge in [-0.3, -0.25) is 0 Å². The molecule has 0 spiro atoms. The lowest BCUT2D eigenvalue weighted by atomic mass is 9.98. The molecule has 1 nitrogen and oxygen atoms in total. The summed E-state index contributed by atoms with van der Waals surface area (Å²) in [6.45, 7) is 4.55. The Morgan fingerprint density at radius 3 is 2.45 bits per heavy atom. The zero-order valence-electron chi connectivity index (χ0n) is 11.7. The number of hydrogen-bond donors (Lipinski definition) is 0.